The Morgan fingerprint density at radius 3 is 2.61 bits per heavy atom. The number of aryl methyl sites for hydroxylation is 3. The number of hydrogen-bond acceptors (Lipinski definition) is 6. The predicted octanol–water partition coefficient (Wildman–Crippen LogP) is 3.26. The zero-order chi connectivity index (χ0) is 19.9. The smallest absolute Gasteiger partial charge is 0.191 e. The molecule has 1 unspecified atom stereocenters. The molecule has 2 N–H and O–H groups in total. The third-order valence-corrected chi connectivity index (χ3v) is 6.99. The van der Waals surface area contributed by atoms with Gasteiger partial charge in [0.2, 0.25) is 0 Å². The Hall–Kier alpha value is -1.48. The van der Waals surface area contributed by atoms with E-state index >= 15 is 0 Å². The van der Waals surface area contributed by atoms with Gasteiger partial charge in [0.25, 0.3) is 0 Å². The summed E-state index contributed by atoms with van der Waals surface area (Å²) in [6.07, 6.45) is 0. The molecule has 0 aliphatic carbocycles. The van der Waals surface area contributed by atoms with E-state index in [2.05, 4.69) is 60.3 Å². The summed E-state index contributed by atoms with van der Waals surface area (Å²) in [7, 11) is 0. The lowest BCUT2D eigenvalue weighted by Gasteiger charge is -2.34. The van der Waals surface area contributed by atoms with Gasteiger partial charge in [0.1, 0.15) is 5.01 Å². The Kier molecular flexibility index (Phi) is 7.84. The van der Waals surface area contributed by atoms with Crippen LogP contribution in [0.25, 0.3) is 0 Å². The maximum absolute atomic E-state index is 5.55. The lowest BCUT2D eigenvalue weighted by molar-refractivity contribution is 0.0177. The van der Waals surface area contributed by atoms with E-state index in [0.717, 1.165) is 56.1 Å². The molecule has 8 heteroatoms. The Morgan fingerprint density at radius 1 is 1.21 bits per heavy atom. The number of ether oxygens (including phenoxy) is 1. The summed E-state index contributed by atoms with van der Waals surface area (Å²) >= 11 is 3.60. The molecule has 1 fully saturated rings. The lowest BCUT2D eigenvalue weighted by Crippen LogP contribution is -2.46. The van der Waals surface area contributed by atoms with Gasteiger partial charge in [-0.25, -0.2) is 9.98 Å². The van der Waals surface area contributed by atoms with Gasteiger partial charge in [-0.05, 0) is 39.8 Å². The summed E-state index contributed by atoms with van der Waals surface area (Å²) in [6.45, 7) is 14.2. The van der Waals surface area contributed by atoms with E-state index < -0.39 is 0 Å². The van der Waals surface area contributed by atoms with Crippen molar-refractivity contribution in [2.45, 2.75) is 40.3 Å². The van der Waals surface area contributed by atoms with Gasteiger partial charge in [0.05, 0.1) is 31.5 Å². The van der Waals surface area contributed by atoms with Crippen LogP contribution in [0.4, 0.5) is 0 Å². The third-order valence-electron chi connectivity index (χ3n) is 4.83. The zero-order valence-electron chi connectivity index (χ0n) is 17.2. The van der Waals surface area contributed by atoms with Crippen LogP contribution in [-0.4, -0.2) is 55.2 Å². The van der Waals surface area contributed by atoms with Gasteiger partial charge in [-0.15, -0.1) is 22.7 Å². The Bertz CT molecular complexity index is 760. The first kappa shape index (κ1) is 21.2. The molecule has 154 valence electrons. The molecule has 1 saturated heterocycles. The average molecular weight is 422 g/mol. The predicted molar refractivity (Wildman–Crippen MR) is 119 cm³/mol. The highest BCUT2D eigenvalue weighted by Crippen LogP contribution is 2.28. The second-order valence-corrected chi connectivity index (χ2v) is 9.55. The van der Waals surface area contributed by atoms with E-state index in [9.17, 15) is 0 Å². The number of rotatable bonds is 7. The van der Waals surface area contributed by atoms with Crippen LogP contribution in [0.5, 0.6) is 0 Å². The van der Waals surface area contributed by atoms with Gasteiger partial charge >= 0.3 is 0 Å². The van der Waals surface area contributed by atoms with Crippen LogP contribution in [0.15, 0.2) is 17.1 Å². The highest BCUT2D eigenvalue weighted by Gasteiger charge is 2.24. The fourth-order valence-electron chi connectivity index (χ4n) is 3.22. The van der Waals surface area contributed by atoms with E-state index in [0.29, 0.717) is 12.6 Å². The number of guanidine groups is 1. The van der Waals surface area contributed by atoms with Crippen LogP contribution < -0.4 is 10.6 Å². The van der Waals surface area contributed by atoms with Gasteiger partial charge in [-0.2, -0.15) is 0 Å². The number of nitrogens with zero attached hydrogens (tertiary/aromatic N) is 3. The van der Waals surface area contributed by atoms with Gasteiger partial charge < -0.3 is 15.4 Å². The second kappa shape index (κ2) is 10.3. The Balaban J connectivity index is 1.68. The average Bonchev–Trinajstić information content (AvgIpc) is 3.26. The zero-order valence-corrected chi connectivity index (χ0v) is 18.9. The number of hydrogen-bond donors (Lipinski definition) is 2. The van der Waals surface area contributed by atoms with Crippen LogP contribution in [0.3, 0.4) is 0 Å². The monoisotopic (exact) mass is 421 g/mol. The third kappa shape index (κ3) is 5.76. The number of nitrogens with one attached hydrogen (secondary N) is 2. The maximum Gasteiger partial charge on any atom is 0.191 e. The van der Waals surface area contributed by atoms with Crippen molar-refractivity contribution in [1.29, 1.82) is 0 Å². The quantitative estimate of drug-likeness (QED) is 0.531. The highest BCUT2D eigenvalue weighted by atomic mass is 32.1. The fraction of sp³-hybridized carbons (Fsp3) is 0.600. The van der Waals surface area contributed by atoms with Crippen LogP contribution in [0.1, 0.15) is 38.3 Å². The number of thiophene rings is 1. The van der Waals surface area contributed by atoms with Gasteiger partial charge in [-0.3, -0.25) is 4.90 Å². The first-order valence-electron chi connectivity index (χ1n) is 9.90. The molecule has 0 amide bonds. The van der Waals surface area contributed by atoms with Crippen molar-refractivity contribution in [2.75, 3.05) is 39.4 Å². The number of thiazole rings is 1. The van der Waals surface area contributed by atoms with Gasteiger partial charge in [0.15, 0.2) is 5.96 Å². The van der Waals surface area contributed by atoms with Crippen molar-refractivity contribution in [3.05, 3.63) is 37.5 Å². The molecule has 2 aromatic heterocycles. The lowest BCUT2D eigenvalue weighted by atomic mass is 10.2. The van der Waals surface area contributed by atoms with Crippen molar-refractivity contribution in [2.24, 2.45) is 4.99 Å². The molecular weight excluding hydrogens is 390 g/mol. The van der Waals surface area contributed by atoms with Crippen LogP contribution in [0, 0.1) is 20.8 Å². The summed E-state index contributed by atoms with van der Waals surface area (Å²) in [6, 6.07) is 4.79. The Morgan fingerprint density at radius 2 is 2.00 bits per heavy atom. The summed E-state index contributed by atoms with van der Waals surface area (Å²) in [5.41, 5.74) is 1.11. The van der Waals surface area contributed by atoms with Crippen LogP contribution in [0.2, 0.25) is 0 Å². The van der Waals surface area contributed by atoms with E-state index in [-0.39, 0.29) is 0 Å². The minimum Gasteiger partial charge on any atom is -0.379 e. The topological polar surface area (TPSA) is 61.8 Å². The van der Waals surface area contributed by atoms with E-state index in [1.807, 2.05) is 11.3 Å². The molecule has 3 heterocycles. The summed E-state index contributed by atoms with van der Waals surface area (Å²) < 4.78 is 5.55. The molecular formula is C20H31N5OS2. The molecule has 2 aromatic rings. The van der Waals surface area contributed by atoms with Crippen molar-refractivity contribution in [1.82, 2.24) is 20.5 Å². The fourth-order valence-corrected chi connectivity index (χ4v) is 5.09. The molecule has 0 aromatic carbocycles. The highest BCUT2D eigenvalue weighted by molar-refractivity contribution is 7.12. The number of aliphatic imine (C=N–C) groups is 1. The normalized spacial score (nSPS) is 16.9. The number of morpholine rings is 1. The summed E-state index contributed by atoms with van der Waals surface area (Å²) in [5, 5.41) is 7.98. The molecule has 0 saturated carbocycles. The second-order valence-electron chi connectivity index (χ2n) is 6.94. The van der Waals surface area contributed by atoms with Crippen molar-refractivity contribution in [3.63, 3.8) is 0 Å². The summed E-state index contributed by atoms with van der Waals surface area (Å²) in [5.74, 6) is 0.847. The van der Waals surface area contributed by atoms with Crippen molar-refractivity contribution in [3.8, 4) is 0 Å². The largest absolute Gasteiger partial charge is 0.379 e. The molecule has 1 aliphatic rings. The van der Waals surface area contributed by atoms with Crippen LogP contribution >= 0.6 is 22.7 Å². The van der Waals surface area contributed by atoms with Crippen molar-refractivity contribution < 1.29 is 4.74 Å². The molecule has 3 rings (SSSR count). The van der Waals surface area contributed by atoms with E-state index in [4.69, 9.17) is 9.73 Å². The number of aromatic nitrogens is 1. The standard InChI is InChI=1S/C20H31N5OS2/c1-5-21-20(23-13-19-24-15(3)16(4)28-19)22-12-17(18-7-6-14(2)27-18)25-8-10-26-11-9-25/h6-7,17H,5,8-13H2,1-4H3,(H2,21,22,23). The van der Waals surface area contributed by atoms with Gasteiger partial charge in [-0.1, -0.05) is 0 Å². The minimum atomic E-state index is 0.329. The van der Waals surface area contributed by atoms with Crippen LogP contribution in [-0.2, 0) is 11.3 Å². The molecule has 1 aliphatic heterocycles. The first-order chi connectivity index (χ1) is 13.6. The first-order valence-corrected chi connectivity index (χ1v) is 11.5. The van der Waals surface area contributed by atoms with E-state index in [1.165, 1.54) is 14.6 Å². The van der Waals surface area contributed by atoms with Gasteiger partial charge in [0, 0.05) is 40.8 Å². The molecule has 0 spiro atoms. The molecule has 1 atom stereocenters. The summed E-state index contributed by atoms with van der Waals surface area (Å²) in [4.78, 5) is 15.9. The maximum atomic E-state index is 5.55. The Labute approximate surface area is 176 Å². The minimum absolute atomic E-state index is 0.329. The SMILES string of the molecule is CCNC(=NCc1nc(C)c(C)s1)NCC(c1ccc(C)s1)N1CCOCC1. The molecule has 0 radical (unpaired) electrons. The molecule has 0 bridgehead atoms. The van der Waals surface area contributed by atoms with E-state index in [1.54, 1.807) is 11.3 Å². The molecule has 28 heavy (non-hydrogen) atoms. The molecule has 6 nitrogen and oxygen atoms in total. The van der Waals surface area contributed by atoms with Crippen molar-refractivity contribution >= 4 is 28.6 Å².